The number of thiazole rings is 1. The molecule has 2 rings (SSSR count). The molecule has 0 atom stereocenters. The van der Waals surface area contributed by atoms with E-state index in [1.807, 2.05) is 0 Å². The molecule has 0 spiro atoms. The molecule has 0 bridgehead atoms. The van der Waals surface area contributed by atoms with Gasteiger partial charge >= 0.3 is 0 Å². The molecule has 6 nitrogen and oxygen atoms in total. The molecular weight excluding hydrogens is 286 g/mol. The molecule has 112 valence electrons. The summed E-state index contributed by atoms with van der Waals surface area (Å²) < 4.78 is 0. The SMILES string of the molecule is CCc1nc(CCNc2ccc(C(=O)NC)nn2)sc1C. The monoisotopic (exact) mass is 305 g/mol. The van der Waals surface area contributed by atoms with Gasteiger partial charge in [0, 0.05) is 24.9 Å². The topological polar surface area (TPSA) is 79.8 Å². The Morgan fingerprint density at radius 3 is 2.71 bits per heavy atom. The Balaban J connectivity index is 1.86. The van der Waals surface area contributed by atoms with Gasteiger partial charge in [-0.15, -0.1) is 21.5 Å². The lowest BCUT2D eigenvalue weighted by molar-refractivity contribution is 0.0957. The summed E-state index contributed by atoms with van der Waals surface area (Å²) in [5, 5.41) is 14.7. The summed E-state index contributed by atoms with van der Waals surface area (Å²) in [6.45, 7) is 4.97. The van der Waals surface area contributed by atoms with E-state index < -0.39 is 0 Å². The molecule has 0 aromatic carbocycles. The van der Waals surface area contributed by atoms with Crippen molar-refractivity contribution in [3.8, 4) is 0 Å². The van der Waals surface area contributed by atoms with Crippen molar-refractivity contribution in [3.63, 3.8) is 0 Å². The van der Waals surface area contributed by atoms with Crippen molar-refractivity contribution in [1.29, 1.82) is 0 Å². The van der Waals surface area contributed by atoms with Crippen LogP contribution in [0.5, 0.6) is 0 Å². The molecule has 0 radical (unpaired) electrons. The molecule has 7 heteroatoms. The lowest BCUT2D eigenvalue weighted by atomic mass is 10.3. The molecule has 0 aliphatic carbocycles. The van der Waals surface area contributed by atoms with Gasteiger partial charge < -0.3 is 10.6 Å². The Hall–Kier alpha value is -2.02. The Bertz CT molecular complexity index is 608. The number of carbonyl (C=O) groups excluding carboxylic acids is 1. The van der Waals surface area contributed by atoms with E-state index in [0.717, 1.165) is 24.4 Å². The van der Waals surface area contributed by atoms with Gasteiger partial charge in [-0.1, -0.05) is 6.92 Å². The lowest BCUT2D eigenvalue weighted by Gasteiger charge is -2.04. The second-order valence-corrected chi connectivity index (χ2v) is 5.81. The molecule has 2 aromatic heterocycles. The number of nitrogens with zero attached hydrogens (tertiary/aromatic N) is 3. The maximum Gasteiger partial charge on any atom is 0.271 e. The number of anilines is 1. The first kappa shape index (κ1) is 15.4. The van der Waals surface area contributed by atoms with Gasteiger partial charge in [-0.2, -0.15) is 0 Å². The third-order valence-corrected chi connectivity index (χ3v) is 4.11. The molecule has 0 saturated heterocycles. The summed E-state index contributed by atoms with van der Waals surface area (Å²) in [4.78, 5) is 17.2. The van der Waals surface area contributed by atoms with Crippen molar-refractivity contribution in [2.75, 3.05) is 18.9 Å². The smallest absolute Gasteiger partial charge is 0.271 e. The van der Waals surface area contributed by atoms with Gasteiger partial charge in [0.05, 0.1) is 10.7 Å². The van der Waals surface area contributed by atoms with Crippen molar-refractivity contribution in [1.82, 2.24) is 20.5 Å². The summed E-state index contributed by atoms with van der Waals surface area (Å²) in [5.74, 6) is 0.422. The van der Waals surface area contributed by atoms with Crippen molar-refractivity contribution in [2.45, 2.75) is 26.7 Å². The quantitative estimate of drug-likeness (QED) is 0.851. The summed E-state index contributed by atoms with van der Waals surface area (Å²) in [6, 6.07) is 3.40. The van der Waals surface area contributed by atoms with Crippen LogP contribution in [0.1, 0.15) is 33.0 Å². The highest BCUT2D eigenvalue weighted by atomic mass is 32.1. The average molecular weight is 305 g/mol. The van der Waals surface area contributed by atoms with Crippen LogP contribution in [0.4, 0.5) is 5.82 Å². The number of nitrogens with one attached hydrogen (secondary N) is 2. The number of hydrogen-bond donors (Lipinski definition) is 2. The molecule has 0 saturated carbocycles. The van der Waals surface area contributed by atoms with E-state index in [1.54, 1.807) is 30.5 Å². The van der Waals surface area contributed by atoms with Gasteiger partial charge in [-0.25, -0.2) is 4.98 Å². The second-order valence-electron chi connectivity index (χ2n) is 4.52. The number of aryl methyl sites for hydroxylation is 2. The predicted molar refractivity (Wildman–Crippen MR) is 83.8 cm³/mol. The first-order valence-corrected chi connectivity index (χ1v) is 7.70. The highest BCUT2D eigenvalue weighted by Crippen LogP contribution is 2.18. The zero-order chi connectivity index (χ0) is 15.2. The minimum absolute atomic E-state index is 0.237. The first-order valence-electron chi connectivity index (χ1n) is 6.89. The Morgan fingerprint density at radius 1 is 1.33 bits per heavy atom. The minimum atomic E-state index is -0.237. The summed E-state index contributed by atoms with van der Waals surface area (Å²) >= 11 is 1.74. The lowest BCUT2D eigenvalue weighted by Crippen LogP contribution is -2.20. The minimum Gasteiger partial charge on any atom is -0.368 e. The fourth-order valence-corrected chi connectivity index (χ4v) is 2.92. The molecule has 21 heavy (non-hydrogen) atoms. The molecule has 2 heterocycles. The van der Waals surface area contributed by atoms with E-state index in [-0.39, 0.29) is 5.91 Å². The van der Waals surface area contributed by atoms with E-state index in [0.29, 0.717) is 11.5 Å². The Kier molecular flexibility index (Phi) is 5.21. The summed E-state index contributed by atoms with van der Waals surface area (Å²) in [5.41, 5.74) is 1.50. The summed E-state index contributed by atoms with van der Waals surface area (Å²) in [7, 11) is 1.57. The first-order chi connectivity index (χ1) is 10.1. The third kappa shape index (κ3) is 3.98. The van der Waals surface area contributed by atoms with Crippen LogP contribution in [-0.4, -0.2) is 34.7 Å². The largest absolute Gasteiger partial charge is 0.368 e. The van der Waals surface area contributed by atoms with Crippen LogP contribution in [0.3, 0.4) is 0 Å². The zero-order valence-corrected chi connectivity index (χ0v) is 13.3. The van der Waals surface area contributed by atoms with Crippen LogP contribution in [0.15, 0.2) is 12.1 Å². The number of amides is 1. The van der Waals surface area contributed by atoms with E-state index in [4.69, 9.17) is 0 Å². The van der Waals surface area contributed by atoms with Crippen LogP contribution in [0.2, 0.25) is 0 Å². The maximum atomic E-state index is 11.3. The molecule has 0 fully saturated rings. The highest BCUT2D eigenvalue weighted by molar-refractivity contribution is 7.11. The zero-order valence-electron chi connectivity index (χ0n) is 12.4. The van der Waals surface area contributed by atoms with Crippen LogP contribution in [0, 0.1) is 6.92 Å². The van der Waals surface area contributed by atoms with E-state index in [9.17, 15) is 4.79 Å². The van der Waals surface area contributed by atoms with Crippen molar-refractivity contribution in [3.05, 3.63) is 33.4 Å². The van der Waals surface area contributed by atoms with Crippen LogP contribution in [-0.2, 0) is 12.8 Å². The highest BCUT2D eigenvalue weighted by Gasteiger charge is 2.07. The Labute approximate surface area is 128 Å². The average Bonchev–Trinajstić information content (AvgIpc) is 2.87. The Morgan fingerprint density at radius 2 is 2.14 bits per heavy atom. The van der Waals surface area contributed by atoms with Crippen molar-refractivity contribution >= 4 is 23.1 Å². The van der Waals surface area contributed by atoms with Gasteiger partial charge in [-0.3, -0.25) is 4.79 Å². The molecule has 0 unspecified atom stereocenters. The molecule has 2 aromatic rings. The predicted octanol–water partition coefficient (Wildman–Crippen LogP) is 1.82. The van der Waals surface area contributed by atoms with Gasteiger partial charge in [0.1, 0.15) is 5.82 Å². The molecule has 1 amide bonds. The van der Waals surface area contributed by atoms with Gasteiger partial charge in [0.25, 0.3) is 5.91 Å². The van der Waals surface area contributed by atoms with E-state index in [1.165, 1.54) is 10.6 Å². The van der Waals surface area contributed by atoms with Crippen LogP contribution < -0.4 is 10.6 Å². The van der Waals surface area contributed by atoms with Crippen LogP contribution in [0.25, 0.3) is 0 Å². The van der Waals surface area contributed by atoms with Gasteiger partial charge in [-0.05, 0) is 25.5 Å². The van der Waals surface area contributed by atoms with Crippen LogP contribution >= 0.6 is 11.3 Å². The maximum absolute atomic E-state index is 11.3. The molecule has 0 aliphatic heterocycles. The van der Waals surface area contributed by atoms with E-state index in [2.05, 4.69) is 39.7 Å². The number of hydrogen-bond acceptors (Lipinski definition) is 6. The number of carbonyl (C=O) groups is 1. The number of rotatable bonds is 6. The van der Waals surface area contributed by atoms with Crippen molar-refractivity contribution < 1.29 is 4.79 Å². The second kappa shape index (κ2) is 7.12. The van der Waals surface area contributed by atoms with Gasteiger partial charge in [0.15, 0.2) is 5.69 Å². The number of aromatic nitrogens is 3. The molecular formula is C14H19N5OS. The van der Waals surface area contributed by atoms with Gasteiger partial charge in [0.2, 0.25) is 0 Å². The fourth-order valence-electron chi connectivity index (χ4n) is 1.90. The third-order valence-electron chi connectivity index (χ3n) is 3.04. The normalized spacial score (nSPS) is 10.4. The standard InChI is InChI=1S/C14H19N5OS/c1-4-10-9(2)21-13(17-10)7-8-16-12-6-5-11(18-19-12)14(20)15-3/h5-6H,4,7-8H2,1-3H3,(H,15,20)(H,16,19). The van der Waals surface area contributed by atoms with Crippen molar-refractivity contribution in [2.24, 2.45) is 0 Å². The summed E-state index contributed by atoms with van der Waals surface area (Å²) in [6.07, 6.45) is 1.83. The fraction of sp³-hybridized carbons (Fsp3) is 0.429. The van der Waals surface area contributed by atoms with E-state index >= 15 is 0 Å². The molecule has 0 aliphatic rings. The molecule has 2 N–H and O–H groups in total.